The largest absolute Gasteiger partial charge is 0.481 e. The van der Waals surface area contributed by atoms with Crippen LogP contribution in [0.2, 0.25) is 0 Å². The van der Waals surface area contributed by atoms with Crippen molar-refractivity contribution >= 4 is 11.5 Å². The van der Waals surface area contributed by atoms with Gasteiger partial charge < -0.3 is 10.1 Å². The molecule has 0 atom stereocenters. The molecular weight excluding hydrogens is 246 g/mol. The molecule has 3 heterocycles. The van der Waals surface area contributed by atoms with Crippen LogP contribution < -0.4 is 10.1 Å². The first-order valence-electron chi connectivity index (χ1n) is 5.62. The molecular formula is C11H11N7O. The summed E-state index contributed by atoms with van der Waals surface area (Å²) in [5.41, 5.74) is 1.61. The summed E-state index contributed by atoms with van der Waals surface area (Å²) in [6.45, 7) is 0.595. The van der Waals surface area contributed by atoms with Crippen LogP contribution in [-0.2, 0) is 6.54 Å². The molecule has 3 aromatic heterocycles. The molecule has 96 valence electrons. The molecule has 0 spiro atoms. The van der Waals surface area contributed by atoms with Crippen LogP contribution in [-0.4, -0.2) is 37.1 Å². The maximum Gasteiger partial charge on any atom is 0.212 e. The lowest BCUT2D eigenvalue weighted by atomic mass is 10.3. The van der Waals surface area contributed by atoms with E-state index in [1.54, 1.807) is 30.2 Å². The topological polar surface area (TPSA) is 90.1 Å². The van der Waals surface area contributed by atoms with E-state index >= 15 is 0 Å². The number of nitrogens with zero attached hydrogens (tertiary/aromatic N) is 6. The molecule has 3 rings (SSSR count). The minimum Gasteiger partial charge on any atom is -0.481 e. The quantitative estimate of drug-likeness (QED) is 0.729. The van der Waals surface area contributed by atoms with E-state index in [1.807, 2.05) is 12.1 Å². The van der Waals surface area contributed by atoms with Crippen LogP contribution >= 0.6 is 0 Å². The summed E-state index contributed by atoms with van der Waals surface area (Å²) in [5.74, 6) is 1.31. The van der Waals surface area contributed by atoms with Gasteiger partial charge in [-0.3, -0.25) is 4.98 Å². The van der Waals surface area contributed by atoms with Gasteiger partial charge in [0.1, 0.15) is 0 Å². The first-order chi connectivity index (χ1) is 9.36. The second-order valence-corrected chi connectivity index (χ2v) is 3.80. The second kappa shape index (κ2) is 4.84. The van der Waals surface area contributed by atoms with Crippen molar-refractivity contribution in [2.75, 3.05) is 12.4 Å². The van der Waals surface area contributed by atoms with Crippen molar-refractivity contribution in [3.05, 3.63) is 36.3 Å². The predicted molar refractivity (Wildman–Crippen MR) is 66.7 cm³/mol. The average molecular weight is 257 g/mol. The molecule has 0 fully saturated rings. The molecule has 0 saturated carbocycles. The highest BCUT2D eigenvalue weighted by atomic mass is 16.5. The van der Waals surface area contributed by atoms with Gasteiger partial charge in [-0.1, -0.05) is 6.07 Å². The van der Waals surface area contributed by atoms with E-state index in [-0.39, 0.29) is 0 Å². The first kappa shape index (κ1) is 11.3. The van der Waals surface area contributed by atoms with Gasteiger partial charge in [0.15, 0.2) is 11.5 Å². The van der Waals surface area contributed by atoms with Crippen molar-refractivity contribution in [1.29, 1.82) is 0 Å². The third-order valence-corrected chi connectivity index (χ3v) is 2.59. The summed E-state index contributed by atoms with van der Waals surface area (Å²) in [6, 6.07) is 3.75. The monoisotopic (exact) mass is 257 g/mol. The molecule has 0 bridgehead atoms. The lowest BCUT2D eigenvalue weighted by molar-refractivity contribution is 0.397. The summed E-state index contributed by atoms with van der Waals surface area (Å²) in [5, 5.41) is 14.5. The maximum absolute atomic E-state index is 5.01. The number of anilines is 1. The Balaban J connectivity index is 1.76. The summed E-state index contributed by atoms with van der Waals surface area (Å²) in [6.07, 6.45) is 5.01. The Morgan fingerprint density at radius 2 is 2.21 bits per heavy atom. The van der Waals surface area contributed by atoms with Gasteiger partial charge in [0.25, 0.3) is 0 Å². The second-order valence-electron chi connectivity index (χ2n) is 3.80. The highest BCUT2D eigenvalue weighted by Crippen LogP contribution is 2.10. The van der Waals surface area contributed by atoms with Crippen molar-refractivity contribution in [2.24, 2.45) is 0 Å². The van der Waals surface area contributed by atoms with Crippen LogP contribution in [0.15, 0.2) is 30.7 Å². The third-order valence-electron chi connectivity index (χ3n) is 2.59. The first-order valence-corrected chi connectivity index (χ1v) is 5.62. The predicted octanol–water partition coefficient (Wildman–Crippen LogP) is 0.535. The van der Waals surface area contributed by atoms with E-state index < -0.39 is 0 Å². The van der Waals surface area contributed by atoms with E-state index in [0.717, 1.165) is 11.4 Å². The Hall–Kier alpha value is -2.77. The van der Waals surface area contributed by atoms with Crippen molar-refractivity contribution in [3.8, 4) is 5.88 Å². The number of aromatic nitrogens is 6. The molecule has 0 aliphatic carbocycles. The maximum atomic E-state index is 5.01. The van der Waals surface area contributed by atoms with Gasteiger partial charge in [0.05, 0.1) is 19.5 Å². The number of methoxy groups -OCH3 is 1. The summed E-state index contributed by atoms with van der Waals surface area (Å²) < 4.78 is 6.59. The number of hydrogen-bond acceptors (Lipinski definition) is 7. The van der Waals surface area contributed by atoms with Gasteiger partial charge >= 0.3 is 0 Å². The van der Waals surface area contributed by atoms with Gasteiger partial charge in [-0.25, -0.2) is 4.98 Å². The van der Waals surface area contributed by atoms with E-state index in [2.05, 4.69) is 30.8 Å². The van der Waals surface area contributed by atoms with Gasteiger partial charge in [0.2, 0.25) is 5.88 Å². The van der Waals surface area contributed by atoms with Crippen LogP contribution in [0.25, 0.3) is 5.65 Å². The third kappa shape index (κ3) is 2.28. The number of hydrogen-bond donors (Lipinski definition) is 1. The van der Waals surface area contributed by atoms with Gasteiger partial charge in [-0.2, -0.15) is 4.52 Å². The van der Waals surface area contributed by atoms with Crippen LogP contribution in [0.4, 0.5) is 5.82 Å². The zero-order valence-corrected chi connectivity index (χ0v) is 10.2. The fraction of sp³-hybridized carbons (Fsp3) is 0.182. The Morgan fingerprint density at radius 3 is 3.00 bits per heavy atom. The standard InChI is InChI=1S/C11H11N7O/c1-19-11-3-2-8(5-14-11)4-13-9-6-12-7-10-15-16-17-18(9)10/h2-3,5-7,13H,4H2,1H3. The average Bonchev–Trinajstić information content (AvgIpc) is 2.94. The molecule has 0 radical (unpaired) electrons. The van der Waals surface area contributed by atoms with Crippen LogP contribution in [0, 0.1) is 0 Å². The van der Waals surface area contributed by atoms with E-state index in [9.17, 15) is 0 Å². The number of tetrazole rings is 1. The summed E-state index contributed by atoms with van der Waals surface area (Å²) in [4.78, 5) is 8.20. The molecule has 0 aromatic carbocycles. The fourth-order valence-corrected chi connectivity index (χ4v) is 1.62. The molecule has 3 aromatic rings. The summed E-state index contributed by atoms with van der Waals surface area (Å²) >= 11 is 0. The fourth-order valence-electron chi connectivity index (χ4n) is 1.62. The van der Waals surface area contributed by atoms with Gasteiger partial charge in [0, 0.05) is 18.8 Å². The molecule has 0 amide bonds. The SMILES string of the molecule is COc1ccc(CNc2cncc3nnnn23)cn1. The lowest BCUT2D eigenvalue weighted by Gasteiger charge is -2.07. The minimum absolute atomic E-state index is 0.591. The molecule has 0 saturated heterocycles. The number of pyridine rings is 1. The highest BCUT2D eigenvalue weighted by molar-refractivity contribution is 5.44. The molecule has 8 nitrogen and oxygen atoms in total. The Morgan fingerprint density at radius 1 is 1.26 bits per heavy atom. The Labute approximate surface area is 108 Å². The molecule has 8 heteroatoms. The number of ether oxygens (including phenoxy) is 1. The minimum atomic E-state index is 0.591. The van der Waals surface area contributed by atoms with Gasteiger partial charge in [-0.15, -0.1) is 5.10 Å². The van der Waals surface area contributed by atoms with Crippen LogP contribution in [0.5, 0.6) is 5.88 Å². The number of nitrogens with one attached hydrogen (secondary N) is 1. The van der Waals surface area contributed by atoms with Crippen LogP contribution in [0.3, 0.4) is 0 Å². The Kier molecular flexibility index (Phi) is 2.89. The number of rotatable bonds is 4. The van der Waals surface area contributed by atoms with E-state index in [4.69, 9.17) is 4.74 Å². The Bertz CT molecular complexity index is 679. The zero-order chi connectivity index (χ0) is 13.1. The molecule has 0 aliphatic heterocycles. The summed E-state index contributed by atoms with van der Waals surface area (Å²) in [7, 11) is 1.59. The zero-order valence-electron chi connectivity index (χ0n) is 10.2. The smallest absolute Gasteiger partial charge is 0.212 e. The lowest BCUT2D eigenvalue weighted by Crippen LogP contribution is -2.06. The molecule has 19 heavy (non-hydrogen) atoms. The van der Waals surface area contributed by atoms with Gasteiger partial charge in [-0.05, 0) is 16.0 Å². The van der Waals surface area contributed by atoms with E-state index in [0.29, 0.717) is 18.1 Å². The molecule has 1 N–H and O–H groups in total. The molecule has 0 unspecified atom stereocenters. The van der Waals surface area contributed by atoms with Crippen LogP contribution in [0.1, 0.15) is 5.56 Å². The van der Waals surface area contributed by atoms with Crippen molar-refractivity contribution < 1.29 is 4.74 Å². The van der Waals surface area contributed by atoms with Crippen molar-refractivity contribution in [3.63, 3.8) is 0 Å². The molecule has 0 aliphatic rings. The van der Waals surface area contributed by atoms with Crippen molar-refractivity contribution in [1.82, 2.24) is 30.0 Å². The highest BCUT2D eigenvalue weighted by Gasteiger charge is 2.03. The van der Waals surface area contributed by atoms with E-state index in [1.165, 1.54) is 0 Å². The normalized spacial score (nSPS) is 10.6. The number of fused-ring (bicyclic) bond motifs is 1. The van der Waals surface area contributed by atoms with Crippen molar-refractivity contribution in [2.45, 2.75) is 6.54 Å².